The lowest BCUT2D eigenvalue weighted by Crippen LogP contribution is -2.20. The Balaban J connectivity index is 2.01. The third kappa shape index (κ3) is 4.53. The minimum absolute atomic E-state index is 0.0508. The van der Waals surface area contributed by atoms with Crippen molar-refractivity contribution in [3.8, 4) is 11.5 Å². The number of ether oxygens (including phenoxy) is 2. The maximum absolute atomic E-state index is 11.9. The summed E-state index contributed by atoms with van der Waals surface area (Å²) in [6.45, 7) is -0.369. The SMILES string of the molecule is COc1ccc(NC(=O)COc2ccc(Cl)cc2C(=O)O)cc1Cl. The highest BCUT2D eigenvalue weighted by Gasteiger charge is 2.14. The van der Waals surface area contributed by atoms with Crippen LogP contribution in [-0.2, 0) is 4.79 Å². The lowest BCUT2D eigenvalue weighted by molar-refractivity contribution is -0.118. The first-order valence-electron chi connectivity index (χ1n) is 6.69. The molecule has 0 aliphatic rings. The van der Waals surface area contributed by atoms with Crippen molar-refractivity contribution in [2.24, 2.45) is 0 Å². The van der Waals surface area contributed by atoms with Gasteiger partial charge in [0.2, 0.25) is 0 Å². The van der Waals surface area contributed by atoms with Gasteiger partial charge >= 0.3 is 5.97 Å². The van der Waals surface area contributed by atoms with Gasteiger partial charge in [-0.3, -0.25) is 4.79 Å². The normalized spacial score (nSPS) is 10.1. The van der Waals surface area contributed by atoms with Crippen molar-refractivity contribution in [3.63, 3.8) is 0 Å². The average Bonchev–Trinajstić information content (AvgIpc) is 2.53. The van der Waals surface area contributed by atoms with Crippen LogP contribution in [0.4, 0.5) is 5.69 Å². The zero-order chi connectivity index (χ0) is 17.7. The smallest absolute Gasteiger partial charge is 0.339 e. The zero-order valence-electron chi connectivity index (χ0n) is 12.5. The number of carboxylic acids is 1. The third-order valence-electron chi connectivity index (χ3n) is 2.97. The van der Waals surface area contributed by atoms with Gasteiger partial charge in [0.05, 0.1) is 12.1 Å². The van der Waals surface area contributed by atoms with Crippen LogP contribution in [0.25, 0.3) is 0 Å². The van der Waals surface area contributed by atoms with Gasteiger partial charge in [-0.1, -0.05) is 23.2 Å². The van der Waals surface area contributed by atoms with Crippen LogP contribution in [0.3, 0.4) is 0 Å². The molecule has 0 saturated carbocycles. The van der Waals surface area contributed by atoms with Gasteiger partial charge in [-0.05, 0) is 36.4 Å². The van der Waals surface area contributed by atoms with Crippen LogP contribution in [0.5, 0.6) is 11.5 Å². The number of carboxylic acid groups (broad SMARTS) is 1. The molecular formula is C16H13Cl2NO5. The first kappa shape index (κ1) is 17.9. The topological polar surface area (TPSA) is 84.9 Å². The van der Waals surface area contributed by atoms with Crippen LogP contribution < -0.4 is 14.8 Å². The van der Waals surface area contributed by atoms with Crippen LogP contribution in [0.15, 0.2) is 36.4 Å². The minimum atomic E-state index is -1.20. The Labute approximate surface area is 147 Å². The number of halogens is 2. The van der Waals surface area contributed by atoms with Crippen LogP contribution in [-0.4, -0.2) is 30.7 Å². The van der Waals surface area contributed by atoms with Crippen molar-refractivity contribution in [3.05, 3.63) is 52.0 Å². The monoisotopic (exact) mass is 369 g/mol. The van der Waals surface area contributed by atoms with Crippen molar-refractivity contribution in [2.75, 3.05) is 19.0 Å². The third-order valence-corrected chi connectivity index (χ3v) is 3.50. The van der Waals surface area contributed by atoms with Crippen molar-refractivity contribution < 1.29 is 24.2 Å². The molecule has 0 saturated heterocycles. The van der Waals surface area contributed by atoms with Crippen molar-refractivity contribution in [1.29, 1.82) is 0 Å². The number of benzene rings is 2. The molecule has 126 valence electrons. The van der Waals surface area contributed by atoms with Gasteiger partial charge < -0.3 is 19.9 Å². The van der Waals surface area contributed by atoms with Crippen molar-refractivity contribution >= 4 is 40.8 Å². The molecule has 24 heavy (non-hydrogen) atoms. The van der Waals surface area contributed by atoms with E-state index in [-0.39, 0.29) is 22.9 Å². The lowest BCUT2D eigenvalue weighted by atomic mass is 10.2. The second kappa shape index (κ2) is 7.90. The van der Waals surface area contributed by atoms with E-state index in [0.29, 0.717) is 16.5 Å². The highest BCUT2D eigenvalue weighted by molar-refractivity contribution is 6.32. The molecule has 0 atom stereocenters. The van der Waals surface area contributed by atoms with Gasteiger partial charge in [-0.15, -0.1) is 0 Å². The van der Waals surface area contributed by atoms with E-state index in [1.165, 1.54) is 31.4 Å². The summed E-state index contributed by atoms with van der Waals surface area (Å²) in [6.07, 6.45) is 0. The van der Waals surface area contributed by atoms with E-state index in [9.17, 15) is 9.59 Å². The summed E-state index contributed by atoms with van der Waals surface area (Å²) in [5.41, 5.74) is 0.340. The molecule has 6 nitrogen and oxygen atoms in total. The fourth-order valence-electron chi connectivity index (χ4n) is 1.88. The maximum atomic E-state index is 11.9. The molecule has 0 heterocycles. The van der Waals surface area contributed by atoms with E-state index in [2.05, 4.69) is 5.32 Å². The number of methoxy groups -OCH3 is 1. The number of hydrogen-bond acceptors (Lipinski definition) is 4. The summed E-state index contributed by atoms with van der Waals surface area (Å²) in [4.78, 5) is 23.1. The number of rotatable bonds is 6. The average molecular weight is 370 g/mol. The van der Waals surface area contributed by atoms with Gasteiger partial charge in [-0.2, -0.15) is 0 Å². The fourth-order valence-corrected chi connectivity index (χ4v) is 2.31. The number of nitrogens with one attached hydrogen (secondary N) is 1. The Bertz CT molecular complexity index is 779. The van der Waals surface area contributed by atoms with E-state index < -0.39 is 11.9 Å². The van der Waals surface area contributed by atoms with E-state index in [1.54, 1.807) is 12.1 Å². The zero-order valence-corrected chi connectivity index (χ0v) is 14.0. The molecule has 8 heteroatoms. The van der Waals surface area contributed by atoms with E-state index in [0.717, 1.165) is 0 Å². The predicted molar refractivity (Wildman–Crippen MR) is 90.5 cm³/mol. The molecule has 2 N–H and O–H groups in total. The molecule has 0 radical (unpaired) electrons. The summed E-state index contributed by atoms with van der Waals surface area (Å²) in [5.74, 6) is -1.13. The number of anilines is 1. The summed E-state index contributed by atoms with van der Waals surface area (Å²) >= 11 is 11.7. The Morgan fingerprint density at radius 2 is 1.83 bits per heavy atom. The standard InChI is InChI=1S/C16H13Cl2NO5/c1-23-14-5-3-10(7-12(14)18)19-15(20)8-24-13-4-2-9(17)6-11(13)16(21)22/h2-7H,8H2,1H3,(H,19,20)(H,21,22). The quantitative estimate of drug-likeness (QED) is 0.810. The molecule has 0 unspecified atom stereocenters. The van der Waals surface area contributed by atoms with E-state index in [4.69, 9.17) is 37.8 Å². The molecule has 2 rings (SSSR count). The highest BCUT2D eigenvalue weighted by Crippen LogP contribution is 2.27. The van der Waals surface area contributed by atoms with E-state index >= 15 is 0 Å². The van der Waals surface area contributed by atoms with Crippen molar-refractivity contribution in [2.45, 2.75) is 0 Å². The second-order valence-electron chi connectivity index (χ2n) is 4.63. The molecule has 2 aromatic carbocycles. The molecule has 0 aliphatic carbocycles. The first-order chi connectivity index (χ1) is 11.4. The summed E-state index contributed by atoms with van der Waals surface area (Å²) in [6, 6.07) is 8.88. The largest absolute Gasteiger partial charge is 0.495 e. The molecule has 0 spiro atoms. The minimum Gasteiger partial charge on any atom is -0.495 e. The summed E-state index contributed by atoms with van der Waals surface area (Å²) in [5, 5.41) is 12.3. The van der Waals surface area contributed by atoms with Crippen LogP contribution >= 0.6 is 23.2 Å². The number of carbonyl (C=O) groups excluding carboxylic acids is 1. The summed E-state index contributed by atoms with van der Waals surface area (Å²) < 4.78 is 10.3. The maximum Gasteiger partial charge on any atom is 0.339 e. The van der Waals surface area contributed by atoms with Gasteiger partial charge in [0.1, 0.15) is 17.1 Å². The van der Waals surface area contributed by atoms with Gasteiger partial charge in [-0.25, -0.2) is 4.79 Å². The molecule has 0 bridgehead atoms. The van der Waals surface area contributed by atoms with Gasteiger partial charge in [0.15, 0.2) is 6.61 Å². The number of aromatic carboxylic acids is 1. The molecule has 0 fully saturated rings. The summed E-state index contributed by atoms with van der Waals surface area (Å²) in [7, 11) is 1.49. The Hall–Kier alpha value is -2.44. The lowest BCUT2D eigenvalue weighted by Gasteiger charge is -2.11. The number of hydrogen-bond donors (Lipinski definition) is 2. The van der Waals surface area contributed by atoms with Crippen LogP contribution in [0, 0.1) is 0 Å². The van der Waals surface area contributed by atoms with Gasteiger partial charge in [0, 0.05) is 10.7 Å². The molecule has 2 aromatic rings. The Kier molecular flexibility index (Phi) is 5.89. The van der Waals surface area contributed by atoms with Crippen molar-refractivity contribution in [1.82, 2.24) is 0 Å². The Morgan fingerprint density at radius 3 is 2.46 bits per heavy atom. The van der Waals surface area contributed by atoms with Crippen LogP contribution in [0.1, 0.15) is 10.4 Å². The van der Waals surface area contributed by atoms with E-state index in [1.807, 2.05) is 0 Å². The predicted octanol–water partition coefficient (Wildman–Crippen LogP) is 3.72. The molecular weight excluding hydrogens is 357 g/mol. The fraction of sp³-hybridized carbons (Fsp3) is 0.125. The number of carbonyl (C=O) groups is 2. The Morgan fingerprint density at radius 1 is 1.12 bits per heavy atom. The molecule has 0 aliphatic heterocycles. The van der Waals surface area contributed by atoms with Gasteiger partial charge in [0.25, 0.3) is 5.91 Å². The molecule has 0 aromatic heterocycles. The molecule has 1 amide bonds. The van der Waals surface area contributed by atoms with Crippen LogP contribution in [0.2, 0.25) is 10.0 Å². The first-order valence-corrected chi connectivity index (χ1v) is 7.45. The highest BCUT2D eigenvalue weighted by atomic mass is 35.5. The second-order valence-corrected chi connectivity index (χ2v) is 5.48. The number of amides is 1.